The van der Waals surface area contributed by atoms with E-state index in [1.54, 1.807) is 6.08 Å². The molecule has 1 atom stereocenters. The molecule has 1 amide bonds. The van der Waals surface area contributed by atoms with Gasteiger partial charge in [0.15, 0.2) is 0 Å². The smallest absolute Gasteiger partial charge is 0.266 e. The van der Waals surface area contributed by atoms with Crippen LogP contribution >= 0.6 is 24.0 Å². The molecule has 1 saturated heterocycles. The molecule has 0 spiro atoms. The van der Waals surface area contributed by atoms with Crippen LogP contribution in [0.3, 0.4) is 0 Å². The number of aliphatic carboxylic acids is 1. The maximum Gasteiger partial charge on any atom is 0.266 e. The molecule has 1 fully saturated rings. The Labute approximate surface area is 138 Å². The molecule has 0 aromatic heterocycles. The lowest BCUT2D eigenvalue weighted by Crippen LogP contribution is -2.48. The van der Waals surface area contributed by atoms with Gasteiger partial charge in [-0.2, -0.15) is 0 Å². The molecular formula is C15H15N2O3S2-. The van der Waals surface area contributed by atoms with Gasteiger partial charge in [0, 0.05) is 19.8 Å². The van der Waals surface area contributed by atoms with Crippen molar-refractivity contribution in [3.8, 4) is 0 Å². The zero-order chi connectivity index (χ0) is 16.4. The highest BCUT2D eigenvalue weighted by Crippen LogP contribution is 2.34. The van der Waals surface area contributed by atoms with Crippen molar-refractivity contribution in [2.75, 3.05) is 19.0 Å². The van der Waals surface area contributed by atoms with Crippen LogP contribution in [0.5, 0.6) is 0 Å². The van der Waals surface area contributed by atoms with Gasteiger partial charge >= 0.3 is 0 Å². The van der Waals surface area contributed by atoms with Crippen LogP contribution in [-0.4, -0.2) is 41.2 Å². The highest BCUT2D eigenvalue weighted by Gasteiger charge is 2.35. The first-order valence-electron chi connectivity index (χ1n) is 6.56. The Morgan fingerprint density at radius 3 is 2.45 bits per heavy atom. The second kappa shape index (κ2) is 6.50. The van der Waals surface area contributed by atoms with Crippen LogP contribution in [0.15, 0.2) is 29.2 Å². The Kier molecular flexibility index (Phi) is 4.87. The van der Waals surface area contributed by atoms with E-state index in [9.17, 15) is 14.7 Å². The second-order valence-corrected chi connectivity index (χ2v) is 6.71. The molecule has 7 heteroatoms. The zero-order valence-corrected chi connectivity index (χ0v) is 14.0. The number of hydrogen-bond donors (Lipinski definition) is 0. The van der Waals surface area contributed by atoms with Crippen molar-refractivity contribution in [2.45, 2.75) is 13.0 Å². The average Bonchev–Trinajstić information content (AvgIpc) is 2.73. The number of anilines is 1. The Morgan fingerprint density at radius 1 is 1.36 bits per heavy atom. The van der Waals surface area contributed by atoms with Crippen molar-refractivity contribution in [3.63, 3.8) is 0 Å². The monoisotopic (exact) mass is 335 g/mol. The molecule has 1 aliphatic rings. The van der Waals surface area contributed by atoms with E-state index < -0.39 is 17.9 Å². The molecule has 2 rings (SSSR count). The zero-order valence-electron chi connectivity index (χ0n) is 12.4. The van der Waals surface area contributed by atoms with E-state index >= 15 is 0 Å². The molecule has 1 heterocycles. The largest absolute Gasteiger partial charge is 0.548 e. The molecule has 0 saturated carbocycles. The topological polar surface area (TPSA) is 63.7 Å². The molecule has 0 N–H and O–H groups in total. The summed E-state index contributed by atoms with van der Waals surface area (Å²) in [7, 11) is 3.89. The minimum Gasteiger partial charge on any atom is -0.548 e. The van der Waals surface area contributed by atoms with Gasteiger partial charge in [0.2, 0.25) is 0 Å². The third kappa shape index (κ3) is 3.31. The Balaban J connectivity index is 2.24. The lowest BCUT2D eigenvalue weighted by atomic mass is 10.2. The maximum absolute atomic E-state index is 12.3. The van der Waals surface area contributed by atoms with Crippen LogP contribution in [0.1, 0.15) is 12.5 Å². The number of amides is 1. The summed E-state index contributed by atoms with van der Waals surface area (Å²) in [6.07, 6.45) is 1.71. The summed E-state index contributed by atoms with van der Waals surface area (Å²) in [6, 6.07) is 6.59. The van der Waals surface area contributed by atoms with Gasteiger partial charge in [-0.05, 0) is 30.7 Å². The summed E-state index contributed by atoms with van der Waals surface area (Å²) in [5.74, 6) is -1.73. The minimum atomic E-state index is -1.33. The maximum atomic E-state index is 12.3. The molecule has 0 bridgehead atoms. The fourth-order valence-corrected chi connectivity index (χ4v) is 3.36. The normalized spacial score (nSPS) is 18.0. The van der Waals surface area contributed by atoms with E-state index in [0.29, 0.717) is 4.91 Å². The van der Waals surface area contributed by atoms with E-state index in [4.69, 9.17) is 12.2 Å². The third-order valence-electron chi connectivity index (χ3n) is 3.26. The predicted molar refractivity (Wildman–Crippen MR) is 90.3 cm³/mol. The summed E-state index contributed by atoms with van der Waals surface area (Å²) in [6.45, 7) is 1.38. The van der Waals surface area contributed by atoms with Crippen LogP contribution in [0.2, 0.25) is 0 Å². The van der Waals surface area contributed by atoms with Crippen molar-refractivity contribution in [3.05, 3.63) is 34.7 Å². The highest BCUT2D eigenvalue weighted by molar-refractivity contribution is 8.26. The van der Waals surface area contributed by atoms with Crippen LogP contribution in [0.25, 0.3) is 6.08 Å². The summed E-state index contributed by atoms with van der Waals surface area (Å²) in [5, 5.41) is 10.9. The molecule has 5 nitrogen and oxygen atoms in total. The van der Waals surface area contributed by atoms with Crippen molar-refractivity contribution >= 4 is 51.9 Å². The number of thiocarbonyl (C=S) groups is 1. The van der Waals surface area contributed by atoms with E-state index in [2.05, 4.69) is 0 Å². The molecule has 1 aliphatic heterocycles. The summed E-state index contributed by atoms with van der Waals surface area (Å²) >= 11 is 6.19. The SMILES string of the molecule is C[C@@H](C(=O)[O-])N1C(=O)/C(=C\c2ccc(N(C)C)cc2)SC1=S. The van der Waals surface area contributed by atoms with Crippen molar-refractivity contribution < 1.29 is 14.7 Å². The summed E-state index contributed by atoms with van der Waals surface area (Å²) in [5.41, 5.74) is 1.91. The molecule has 22 heavy (non-hydrogen) atoms. The van der Waals surface area contributed by atoms with Gasteiger partial charge in [-0.1, -0.05) is 36.1 Å². The third-order valence-corrected chi connectivity index (χ3v) is 4.59. The Hall–Kier alpha value is -1.86. The molecule has 116 valence electrons. The van der Waals surface area contributed by atoms with E-state index in [0.717, 1.165) is 27.9 Å². The van der Waals surface area contributed by atoms with Gasteiger partial charge in [0.1, 0.15) is 4.32 Å². The lowest BCUT2D eigenvalue weighted by molar-refractivity contribution is -0.309. The van der Waals surface area contributed by atoms with E-state index in [1.165, 1.54) is 6.92 Å². The van der Waals surface area contributed by atoms with Gasteiger partial charge in [0.05, 0.1) is 16.9 Å². The predicted octanol–water partition coefficient (Wildman–Crippen LogP) is 1.09. The number of hydrogen-bond acceptors (Lipinski definition) is 6. The Morgan fingerprint density at radius 2 is 1.95 bits per heavy atom. The van der Waals surface area contributed by atoms with Gasteiger partial charge in [-0.3, -0.25) is 9.69 Å². The lowest BCUT2D eigenvalue weighted by Gasteiger charge is -2.23. The van der Waals surface area contributed by atoms with E-state index in [-0.39, 0.29) is 4.32 Å². The standard InChI is InChI=1S/C15H16N2O3S2/c1-9(14(19)20)17-13(18)12(22-15(17)21)8-10-4-6-11(7-5-10)16(2)3/h4-9H,1-3H3,(H,19,20)/p-1/b12-8+/t9-/m0/s1. The Bertz CT molecular complexity index is 653. The first-order valence-corrected chi connectivity index (χ1v) is 7.79. The fraction of sp³-hybridized carbons (Fsp3) is 0.267. The number of carbonyl (C=O) groups is 2. The van der Waals surface area contributed by atoms with Crippen LogP contribution in [-0.2, 0) is 9.59 Å². The quantitative estimate of drug-likeness (QED) is 0.606. The van der Waals surface area contributed by atoms with Crippen molar-refractivity contribution in [1.82, 2.24) is 4.90 Å². The number of thioether (sulfide) groups is 1. The van der Waals surface area contributed by atoms with Crippen LogP contribution < -0.4 is 10.0 Å². The average molecular weight is 335 g/mol. The van der Waals surface area contributed by atoms with Gasteiger partial charge < -0.3 is 14.8 Å². The summed E-state index contributed by atoms with van der Waals surface area (Å²) in [4.78, 5) is 26.7. The number of nitrogens with zero attached hydrogens (tertiary/aromatic N) is 2. The molecule has 0 unspecified atom stereocenters. The molecule has 0 aliphatic carbocycles. The number of rotatable bonds is 4. The van der Waals surface area contributed by atoms with Crippen LogP contribution in [0, 0.1) is 0 Å². The second-order valence-electron chi connectivity index (χ2n) is 5.03. The number of carboxylic acid groups (broad SMARTS) is 1. The van der Waals surface area contributed by atoms with Gasteiger partial charge in [-0.25, -0.2) is 0 Å². The number of carbonyl (C=O) groups excluding carboxylic acids is 2. The van der Waals surface area contributed by atoms with Gasteiger partial charge in [-0.15, -0.1) is 0 Å². The minimum absolute atomic E-state index is 0.234. The molecule has 1 aromatic rings. The van der Waals surface area contributed by atoms with Crippen molar-refractivity contribution in [2.24, 2.45) is 0 Å². The van der Waals surface area contributed by atoms with Crippen molar-refractivity contribution in [1.29, 1.82) is 0 Å². The van der Waals surface area contributed by atoms with Crippen LogP contribution in [0.4, 0.5) is 5.69 Å². The fourth-order valence-electron chi connectivity index (χ4n) is 1.94. The first kappa shape index (κ1) is 16.5. The molecule has 0 radical (unpaired) electrons. The van der Waals surface area contributed by atoms with Gasteiger partial charge in [0.25, 0.3) is 5.91 Å². The van der Waals surface area contributed by atoms with E-state index in [1.807, 2.05) is 43.3 Å². The molecule has 1 aromatic carbocycles. The number of carboxylic acids is 1. The first-order chi connectivity index (χ1) is 10.3. The molecular weight excluding hydrogens is 320 g/mol. The number of benzene rings is 1. The summed E-state index contributed by atoms with van der Waals surface area (Å²) < 4.78 is 0.234. The highest BCUT2D eigenvalue weighted by atomic mass is 32.2.